The first-order chi connectivity index (χ1) is 9.69. The zero-order chi connectivity index (χ0) is 14.1. The molecular weight excluding hydrogens is 244 g/mol. The molecule has 2 nitrogen and oxygen atoms in total. The van der Waals surface area contributed by atoms with Gasteiger partial charge in [0.05, 0.1) is 6.67 Å². The Labute approximate surface area is 122 Å². The van der Waals surface area contributed by atoms with Crippen LogP contribution in [0.3, 0.4) is 0 Å². The summed E-state index contributed by atoms with van der Waals surface area (Å²) >= 11 is 0. The lowest BCUT2D eigenvalue weighted by molar-refractivity contribution is 0.387. The fourth-order valence-electron chi connectivity index (χ4n) is 3.83. The van der Waals surface area contributed by atoms with Gasteiger partial charge in [-0.05, 0) is 42.9 Å². The van der Waals surface area contributed by atoms with E-state index in [1.165, 1.54) is 42.4 Å². The SMILES string of the molecule is C=C1c2ccc(CC3CCCC3C)cc2CN1CNC. The first-order valence-electron chi connectivity index (χ1n) is 7.89. The van der Waals surface area contributed by atoms with E-state index in [1.54, 1.807) is 0 Å². The minimum Gasteiger partial charge on any atom is -0.354 e. The van der Waals surface area contributed by atoms with Gasteiger partial charge in [0.2, 0.25) is 0 Å². The number of hydrogen-bond donors (Lipinski definition) is 1. The number of nitrogens with zero attached hydrogens (tertiary/aromatic N) is 1. The van der Waals surface area contributed by atoms with Crippen molar-refractivity contribution in [1.29, 1.82) is 0 Å². The second kappa shape index (κ2) is 5.61. The van der Waals surface area contributed by atoms with Crippen LogP contribution in [0.4, 0.5) is 0 Å². The van der Waals surface area contributed by atoms with E-state index in [4.69, 9.17) is 0 Å². The van der Waals surface area contributed by atoms with E-state index in [2.05, 4.69) is 41.9 Å². The van der Waals surface area contributed by atoms with E-state index in [0.29, 0.717) is 0 Å². The third-order valence-corrected chi connectivity index (χ3v) is 5.11. The summed E-state index contributed by atoms with van der Waals surface area (Å²) in [5.74, 6) is 1.80. The molecule has 0 spiro atoms. The summed E-state index contributed by atoms with van der Waals surface area (Å²) in [5.41, 5.74) is 5.47. The Morgan fingerprint density at radius 1 is 1.35 bits per heavy atom. The minimum atomic E-state index is 0.877. The maximum Gasteiger partial charge on any atom is 0.0683 e. The monoisotopic (exact) mass is 270 g/mol. The highest BCUT2D eigenvalue weighted by atomic mass is 15.2. The molecule has 1 fully saturated rings. The summed E-state index contributed by atoms with van der Waals surface area (Å²) in [6.45, 7) is 8.53. The molecule has 2 heteroatoms. The molecule has 2 unspecified atom stereocenters. The topological polar surface area (TPSA) is 15.3 Å². The average Bonchev–Trinajstić information content (AvgIpc) is 2.96. The van der Waals surface area contributed by atoms with Gasteiger partial charge in [-0.25, -0.2) is 0 Å². The van der Waals surface area contributed by atoms with Gasteiger partial charge < -0.3 is 10.2 Å². The van der Waals surface area contributed by atoms with Crippen molar-refractivity contribution in [3.8, 4) is 0 Å². The van der Waals surface area contributed by atoms with Crippen molar-refractivity contribution < 1.29 is 0 Å². The molecule has 1 aliphatic carbocycles. The molecule has 2 aliphatic rings. The highest BCUT2D eigenvalue weighted by Crippen LogP contribution is 2.36. The Morgan fingerprint density at radius 2 is 2.20 bits per heavy atom. The molecular formula is C18H26N2. The zero-order valence-electron chi connectivity index (χ0n) is 12.8. The predicted molar refractivity (Wildman–Crippen MR) is 85.2 cm³/mol. The maximum atomic E-state index is 4.23. The first kappa shape index (κ1) is 13.7. The summed E-state index contributed by atoms with van der Waals surface area (Å²) in [4.78, 5) is 2.31. The maximum absolute atomic E-state index is 4.23. The quantitative estimate of drug-likeness (QED) is 0.899. The van der Waals surface area contributed by atoms with Crippen LogP contribution in [0.1, 0.15) is 42.9 Å². The van der Waals surface area contributed by atoms with Gasteiger partial charge >= 0.3 is 0 Å². The zero-order valence-corrected chi connectivity index (χ0v) is 12.8. The van der Waals surface area contributed by atoms with Gasteiger partial charge in [0.25, 0.3) is 0 Å². The molecule has 0 radical (unpaired) electrons. The van der Waals surface area contributed by atoms with Crippen LogP contribution in [-0.4, -0.2) is 18.6 Å². The molecule has 20 heavy (non-hydrogen) atoms. The lowest BCUT2D eigenvalue weighted by Crippen LogP contribution is -2.26. The van der Waals surface area contributed by atoms with Crippen LogP contribution in [0.5, 0.6) is 0 Å². The third-order valence-electron chi connectivity index (χ3n) is 5.11. The van der Waals surface area contributed by atoms with Crippen molar-refractivity contribution in [2.45, 2.75) is 39.2 Å². The van der Waals surface area contributed by atoms with Crippen molar-refractivity contribution >= 4 is 5.70 Å². The standard InChI is InChI=1S/C18H26N2/c1-13-5-4-6-16(13)9-15-7-8-18-14(2)20(12-19-3)11-17(18)10-15/h7-8,10,13,16,19H,2,4-6,9,11-12H2,1,3H3. The third kappa shape index (κ3) is 2.49. The number of nitrogens with one attached hydrogen (secondary N) is 1. The molecule has 1 saturated carbocycles. The van der Waals surface area contributed by atoms with Gasteiger partial charge in [0.1, 0.15) is 0 Å². The van der Waals surface area contributed by atoms with Gasteiger partial charge in [-0.1, -0.05) is 44.5 Å². The molecule has 0 amide bonds. The Morgan fingerprint density at radius 3 is 2.90 bits per heavy atom. The fourth-order valence-corrected chi connectivity index (χ4v) is 3.83. The molecule has 2 atom stereocenters. The van der Waals surface area contributed by atoms with Crippen molar-refractivity contribution in [3.05, 3.63) is 41.5 Å². The van der Waals surface area contributed by atoms with Crippen molar-refractivity contribution in [3.63, 3.8) is 0 Å². The van der Waals surface area contributed by atoms with Crippen LogP contribution in [0.15, 0.2) is 24.8 Å². The molecule has 1 aromatic rings. The number of hydrogen-bond acceptors (Lipinski definition) is 2. The summed E-state index contributed by atoms with van der Waals surface area (Å²) < 4.78 is 0. The molecule has 0 aromatic heterocycles. The lowest BCUT2D eigenvalue weighted by Gasteiger charge is -2.18. The number of fused-ring (bicyclic) bond motifs is 1. The fraction of sp³-hybridized carbons (Fsp3) is 0.556. The van der Waals surface area contributed by atoms with Gasteiger partial charge in [-0.3, -0.25) is 0 Å². The summed E-state index contributed by atoms with van der Waals surface area (Å²) in [7, 11) is 1.99. The van der Waals surface area contributed by atoms with E-state index in [-0.39, 0.29) is 0 Å². The highest BCUT2D eigenvalue weighted by Gasteiger charge is 2.25. The van der Waals surface area contributed by atoms with Gasteiger partial charge in [0.15, 0.2) is 0 Å². The van der Waals surface area contributed by atoms with Crippen LogP contribution < -0.4 is 5.32 Å². The lowest BCUT2D eigenvalue weighted by atomic mass is 9.90. The second-order valence-electron chi connectivity index (χ2n) is 6.52. The Hall–Kier alpha value is -1.28. The van der Waals surface area contributed by atoms with Crippen LogP contribution in [0.2, 0.25) is 0 Å². The Balaban J connectivity index is 1.74. The van der Waals surface area contributed by atoms with Crippen LogP contribution in [0.25, 0.3) is 5.70 Å². The summed E-state index contributed by atoms with van der Waals surface area (Å²) in [5, 5.41) is 3.22. The number of rotatable bonds is 4. The van der Waals surface area contributed by atoms with E-state index in [9.17, 15) is 0 Å². The number of benzene rings is 1. The molecule has 108 valence electrons. The molecule has 1 aromatic carbocycles. The van der Waals surface area contributed by atoms with E-state index in [0.717, 1.165) is 30.7 Å². The highest BCUT2D eigenvalue weighted by molar-refractivity contribution is 5.69. The van der Waals surface area contributed by atoms with E-state index in [1.807, 2.05) is 7.05 Å². The second-order valence-corrected chi connectivity index (χ2v) is 6.52. The van der Waals surface area contributed by atoms with Gasteiger partial charge in [0, 0.05) is 17.8 Å². The van der Waals surface area contributed by atoms with Crippen molar-refractivity contribution in [1.82, 2.24) is 10.2 Å². The Bertz CT molecular complexity index is 506. The summed E-state index contributed by atoms with van der Waals surface area (Å²) in [6, 6.07) is 7.02. The van der Waals surface area contributed by atoms with Crippen LogP contribution >= 0.6 is 0 Å². The molecule has 0 bridgehead atoms. The smallest absolute Gasteiger partial charge is 0.0683 e. The average molecular weight is 270 g/mol. The molecule has 1 heterocycles. The van der Waals surface area contributed by atoms with Crippen LogP contribution in [-0.2, 0) is 13.0 Å². The van der Waals surface area contributed by atoms with Gasteiger partial charge in [-0.2, -0.15) is 0 Å². The Kier molecular flexibility index (Phi) is 3.84. The van der Waals surface area contributed by atoms with E-state index >= 15 is 0 Å². The first-order valence-corrected chi connectivity index (χ1v) is 7.89. The van der Waals surface area contributed by atoms with Crippen molar-refractivity contribution in [2.24, 2.45) is 11.8 Å². The van der Waals surface area contributed by atoms with Crippen LogP contribution in [0, 0.1) is 11.8 Å². The molecule has 3 rings (SSSR count). The van der Waals surface area contributed by atoms with Crippen molar-refractivity contribution in [2.75, 3.05) is 13.7 Å². The predicted octanol–water partition coefficient (Wildman–Crippen LogP) is 3.63. The van der Waals surface area contributed by atoms with Gasteiger partial charge in [-0.15, -0.1) is 0 Å². The largest absolute Gasteiger partial charge is 0.354 e. The molecule has 1 aliphatic heterocycles. The molecule has 0 saturated heterocycles. The van der Waals surface area contributed by atoms with E-state index < -0.39 is 0 Å². The minimum absolute atomic E-state index is 0.877. The normalized spacial score (nSPS) is 25.3. The molecule has 1 N–H and O–H groups in total. The summed E-state index contributed by atoms with van der Waals surface area (Å²) in [6.07, 6.45) is 5.51.